The van der Waals surface area contributed by atoms with Crippen LogP contribution in [0.1, 0.15) is 20.3 Å². The van der Waals surface area contributed by atoms with Gasteiger partial charge in [-0.2, -0.15) is 13.4 Å². The van der Waals surface area contributed by atoms with E-state index in [2.05, 4.69) is 43.5 Å². The van der Waals surface area contributed by atoms with Crippen molar-refractivity contribution >= 4 is 43.6 Å². The topological polar surface area (TPSA) is 84.0 Å². The van der Waals surface area contributed by atoms with Crippen LogP contribution in [0.25, 0.3) is 0 Å². The second-order valence-electron chi connectivity index (χ2n) is 4.93. The summed E-state index contributed by atoms with van der Waals surface area (Å²) in [5.41, 5.74) is 0.375. The zero-order chi connectivity index (χ0) is 17.0. The standard InChI is InChI=1S/C14H16BrFN4O2S/c1-3-9(2)18-13-12(15)8-17-14(20-13)19-10-5-4-6-11(7-10)23(16,21)22/h4-9H,3H2,1-2H3,(H2,17,18,19,20)/t9-/m1/s1. The minimum Gasteiger partial charge on any atom is -0.367 e. The molecule has 0 aliphatic heterocycles. The van der Waals surface area contributed by atoms with Gasteiger partial charge >= 0.3 is 10.2 Å². The summed E-state index contributed by atoms with van der Waals surface area (Å²) in [6, 6.07) is 5.63. The molecule has 1 aromatic carbocycles. The second-order valence-corrected chi connectivity index (χ2v) is 7.14. The van der Waals surface area contributed by atoms with Gasteiger partial charge in [-0.3, -0.25) is 0 Å². The van der Waals surface area contributed by atoms with E-state index in [9.17, 15) is 12.3 Å². The molecule has 6 nitrogen and oxygen atoms in total. The third kappa shape index (κ3) is 4.87. The number of hydrogen-bond acceptors (Lipinski definition) is 6. The Bertz CT molecular complexity index is 801. The molecule has 1 heterocycles. The first kappa shape index (κ1) is 17.6. The molecule has 0 bridgehead atoms. The number of aromatic nitrogens is 2. The van der Waals surface area contributed by atoms with Gasteiger partial charge in [-0.1, -0.05) is 13.0 Å². The van der Waals surface area contributed by atoms with E-state index in [1.807, 2.05) is 6.92 Å². The Labute approximate surface area is 142 Å². The highest BCUT2D eigenvalue weighted by atomic mass is 79.9. The normalized spacial score (nSPS) is 12.7. The number of hydrogen-bond donors (Lipinski definition) is 2. The van der Waals surface area contributed by atoms with Crippen molar-refractivity contribution < 1.29 is 12.3 Å². The Kier molecular flexibility index (Phi) is 5.53. The highest BCUT2D eigenvalue weighted by Gasteiger charge is 2.13. The summed E-state index contributed by atoms with van der Waals surface area (Å²) in [4.78, 5) is 8.01. The zero-order valence-corrected chi connectivity index (χ0v) is 14.9. The van der Waals surface area contributed by atoms with Gasteiger partial charge in [-0.05, 0) is 47.5 Å². The lowest BCUT2D eigenvalue weighted by atomic mass is 10.2. The van der Waals surface area contributed by atoms with E-state index in [-0.39, 0.29) is 12.0 Å². The molecule has 2 rings (SSSR count). The lowest BCUT2D eigenvalue weighted by Gasteiger charge is -2.14. The third-order valence-corrected chi connectivity index (χ3v) is 4.51. The number of halogens is 2. The Hall–Kier alpha value is -1.74. The highest BCUT2D eigenvalue weighted by Crippen LogP contribution is 2.24. The number of benzene rings is 1. The van der Waals surface area contributed by atoms with E-state index >= 15 is 0 Å². The van der Waals surface area contributed by atoms with E-state index in [1.165, 1.54) is 18.2 Å². The van der Waals surface area contributed by atoms with Crippen molar-refractivity contribution in [2.75, 3.05) is 10.6 Å². The summed E-state index contributed by atoms with van der Waals surface area (Å²) in [6.45, 7) is 4.08. The van der Waals surface area contributed by atoms with Crippen LogP contribution >= 0.6 is 15.9 Å². The maximum atomic E-state index is 13.0. The fourth-order valence-electron chi connectivity index (χ4n) is 1.72. The molecular formula is C14H16BrFN4O2S. The summed E-state index contributed by atoms with van der Waals surface area (Å²) in [6.07, 6.45) is 2.51. The summed E-state index contributed by atoms with van der Waals surface area (Å²) < 4.78 is 35.6. The Morgan fingerprint density at radius 1 is 1.39 bits per heavy atom. The Balaban J connectivity index is 2.25. The number of anilines is 3. The molecule has 0 spiro atoms. The molecule has 0 fully saturated rings. The van der Waals surface area contributed by atoms with E-state index < -0.39 is 15.1 Å². The van der Waals surface area contributed by atoms with Gasteiger partial charge in [-0.15, -0.1) is 3.89 Å². The van der Waals surface area contributed by atoms with E-state index in [1.54, 1.807) is 12.3 Å². The molecule has 2 aromatic rings. The number of nitrogens with zero attached hydrogens (tertiary/aromatic N) is 2. The zero-order valence-electron chi connectivity index (χ0n) is 12.5. The van der Waals surface area contributed by atoms with Crippen LogP contribution in [0, 0.1) is 0 Å². The monoisotopic (exact) mass is 402 g/mol. The minimum absolute atomic E-state index is 0.231. The SMILES string of the molecule is CC[C@@H](C)Nc1nc(Nc2cccc(S(=O)(=O)F)c2)ncc1Br. The molecule has 23 heavy (non-hydrogen) atoms. The van der Waals surface area contributed by atoms with Gasteiger partial charge in [-0.25, -0.2) is 4.98 Å². The summed E-state index contributed by atoms with van der Waals surface area (Å²) in [7, 11) is -4.75. The average molecular weight is 403 g/mol. The fourth-order valence-corrected chi connectivity index (χ4v) is 2.53. The molecule has 0 saturated heterocycles. The molecular weight excluding hydrogens is 387 g/mol. The van der Waals surface area contributed by atoms with Crippen LogP contribution in [0.4, 0.5) is 21.3 Å². The van der Waals surface area contributed by atoms with Gasteiger partial charge in [0.05, 0.1) is 4.47 Å². The third-order valence-electron chi connectivity index (χ3n) is 3.11. The average Bonchev–Trinajstić information content (AvgIpc) is 2.50. The Morgan fingerprint density at radius 3 is 2.78 bits per heavy atom. The summed E-state index contributed by atoms with van der Waals surface area (Å²) >= 11 is 3.37. The van der Waals surface area contributed by atoms with Crippen molar-refractivity contribution in [3.8, 4) is 0 Å². The van der Waals surface area contributed by atoms with Gasteiger partial charge in [0, 0.05) is 17.9 Å². The first-order valence-electron chi connectivity index (χ1n) is 6.90. The van der Waals surface area contributed by atoms with Crippen molar-refractivity contribution in [3.63, 3.8) is 0 Å². The molecule has 0 amide bonds. The van der Waals surface area contributed by atoms with E-state index in [0.29, 0.717) is 16.0 Å². The molecule has 9 heteroatoms. The maximum absolute atomic E-state index is 13.0. The summed E-state index contributed by atoms with van der Waals surface area (Å²) in [5.74, 6) is 0.888. The lowest BCUT2D eigenvalue weighted by Crippen LogP contribution is -2.15. The van der Waals surface area contributed by atoms with Gasteiger partial charge in [0.25, 0.3) is 0 Å². The van der Waals surface area contributed by atoms with Crippen molar-refractivity contribution in [2.45, 2.75) is 31.2 Å². The highest BCUT2D eigenvalue weighted by molar-refractivity contribution is 9.10. The molecule has 0 aliphatic carbocycles. The molecule has 0 aliphatic rings. The van der Waals surface area contributed by atoms with Crippen molar-refractivity contribution in [1.82, 2.24) is 9.97 Å². The number of rotatable bonds is 6. The summed E-state index contributed by atoms with van der Waals surface area (Å²) in [5, 5.41) is 6.09. The fraction of sp³-hybridized carbons (Fsp3) is 0.286. The lowest BCUT2D eigenvalue weighted by molar-refractivity contribution is 0.552. The van der Waals surface area contributed by atoms with Gasteiger partial charge in [0.15, 0.2) is 0 Å². The predicted molar refractivity (Wildman–Crippen MR) is 91.1 cm³/mol. The van der Waals surface area contributed by atoms with Crippen molar-refractivity contribution in [1.29, 1.82) is 0 Å². The molecule has 1 atom stereocenters. The van der Waals surface area contributed by atoms with E-state index in [4.69, 9.17) is 0 Å². The van der Waals surface area contributed by atoms with Gasteiger partial charge in [0.2, 0.25) is 5.95 Å². The van der Waals surface area contributed by atoms with Crippen LogP contribution in [0.2, 0.25) is 0 Å². The van der Waals surface area contributed by atoms with Gasteiger partial charge < -0.3 is 10.6 Å². The van der Waals surface area contributed by atoms with Gasteiger partial charge in [0.1, 0.15) is 10.7 Å². The van der Waals surface area contributed by atoms with Crippen molar-refractivity contribution in [3.05, 3.63) is 34.9 Å². The molecule has 2 N–H and O–H groups in total. The quantitative estimate of drug-likeness (QED) is 0.713. The molecule has 0 saturated carbocycles. The predicted octanol–water partition coefficient (Wildman–Crippen LogP) is 3.85. The van der Waals surface area contributed by atoms with Crippen LogP contribution in [-0.2, 0) is 10.2 Å². The van der Waals surface area contributed by atoms with Crippen LogP contribution in [-0.4, -0.2) is 24.4 Å². The molecule has 124 valence electrons. The molecule has 1 aromatic heterocycles. The second kappa shape index (κ2) is 7.22. The van der Waals surface area contributed by atoms with Crippen molar-refractivity contribution in [2.24, 2.45) is 0 Å². The number of nitrogens with one attached hydrogen (secondary N) is 2. The van der Waals surface area contributed by atoms with Crippen LogP contribution in [0.15, 0.2) is 39.8 Å². The molecule has 0 unspecified atom stereocenters. The first-order valence-corrected chi connectivity index (χ1v) is 9.08. The smallest absolute Gasteiger partial charge is 0.332 e. The van der Waals surface area contributed by atoms with E-state index in [0.717, 1.165) is 6.42 Å². The molecule has 0 radical (unpaired) electrons. The Morgan fingerprint density at radius 2 is 2.13 bits per heavy atom. The van der Waals surface area contributed by atoms with Crippen LogP contribution in [0.5, 0.6) is 0 Å². The minimum atomic E-state index is -4.75. The maximum Gasteiger partial charge on any atom is 0.332 e. The largest absolute Gasteiger partial charge is 0.367 e. The first-order chi connectivity index (χ1) is 10.8. The van der Waals surface area contributed by atoms with Crippen LogP contribution in [0.3, 0.4) is 0 Å². The van der Waals surface area contributed by atoms with Crippen LogP contribution < -0.4 is 10.6 Å².